The van der Waals surface area contributed by atoms with Crippen molar-refractivity contribution >= 4 is 45.8 Å². The van der Waals surface area contributed by atoms with Gasteiger partial charge in [-0.25, -0.2) is 0 Å². The number of hydrogen-bond acceptors (Lipinski definition) is 3. The van der Waals surface area contributed by atoms with Gasteiger partial charge in [-0.1, -0.05) is 35.3 Å². The summed E-state index contributed by atoms with van der Waals surface area (Å²) in [6.45, 7) is 0. The van der Waals surface area contributed by atoms with Crippen molar-refractivity contribution in [3.05, 3.63) is 43.9 Å². The van der Waals surface area contributed by atoms with Gasteiger partial charge in [-0.3, -0.25) is 14.9 Å². The molecule has 0 amide bonds. The number of rotatable bonds is 1. The second kappa shape index (κ2) is 4.52. The summed E-state index contributed by atoms with van der Waals surface area (Å²) >= 11 is 17.8. The van der Waals surface area contributed by atoms with Gasteiger partial charge in [0, 0.05) is 5.56 Å². The molecule has 0 atom stereocenters. The van der Waals surface area contributed by atoms with E-state index in [-0.39, 0.29) is 10.7 Å². The largest absolute Gasteiger partial charge is 0.296 e. The van der Waals surface area contributed by atoms with E-state index >= 15 is 0 Å². The van der Waals surface area contributed by atoms with Crippen molar-refractivity contribution in [1.82, 2.24) is 20.2 Å². The Balaban J connectivity index is 2.38. The quantitative estimate of drug-likeness (QED) is 0.677. The fourth-order valence-electron chi connectivity index (χ4n) is 1.79. The Morgan fingerprint density at radius 3 is 2.74 bits per heavy atom. The highest BCUT2D eigenvalue weighted by Gasteiger charge is 2.17. The highest BCUT2D eigenvalue weighted by molar-refractivity contribution is 6.43. The van der Waals surface area contributed by atoms with Gasteiger partial charge < -0.3 is 0 Å². The lowest BCUT2D eigenvalue weighted by atomic mass is 10.1. The molecule has 0 fully saturated rings. The highest BCUT2D eigenvalue weighted by Crippen LogP contribution is 2.34. The maximum atomic E-state index is 11.9. The molecule has 5 nitrogen and oxygen atoms in total. The SMILES string of the molecule is O=c1[nH]c(Cl)nc2[nH]nc(-c3cccc(Cl)c3Cl)c12. The maximum Gasteiger partial charge on any atom is 0.263 e. The zero-order valence-electron chi connectivity index (χ0n) is 9.17. The lowest BCUT2D eigenvalue weighted by molar-refractivity contribution is 1.09. The number of aromatic amines is 2. The van der Waals surface area contributed by atoms with Gasteiger partial charge in [0.25, 0.3) is 5.56 Å². The van der Waals surface area contributed by atoms with Crippen molar-refractivity contribution < 1.29 is 0 Å². The predicted octanol–water partition coefficient (Wildman–Crippen LogP) is 3.27. The van der Waals surface area contributed by atoms with Crippen LogP contribution in [0.3, 0.4) is 0 Å². The standard InChI is InChI=1S/C11H5Cl3N4O/c12-5-3-1-2-4(7(5)13)8-6-9(18-17-8)15-11(14)16-10(6)19/h1-3H,(H2,15,16,17,18,19). The normalized spacial score (nSPS) is 11.1. The van der Waals surface area contributed by atoms with Crippen LogP contribution in [-0.4, -0.2) is 20.2 Å². The number of nitrogens with one attached hydrogen (secondary N) is 2. The Labute approximate surface area is 121 Å². The van der Waals surface area contributed by atoms with E-state index in [0.717, 1.165) is 0 Å². The first-order chi connectivity index (χ1) is 9.08. The summed E-state index contributed by atoms with van der Waals surface area (Å²) in [5.41, 5.74) is 0.831. The summed E-state index contributed by atoms with van der Waals surface area (Å²) < 4.78 is 0. The number of H-pyrrole nitrogens is 2. The van der Waals surface area contributed by atoms with Gasteiger partial charge in [-0.2, -0.15) is 10.1 Å². The smallest absolute Gasteiger partial charge is 0.263 e. The van der Waals surface area contributed by atoms with E-state index in [1.54, 1.807) is 18.2 Å². The molecular formula is C11H5Cl3N4O. The van der Waals surface area contributed by atoms with Crippen LogP contribution in [0.2, 0.25) is 15.3 Å². The molecule has 0 saturated heterocycles. The Hall–Kier alpha value is -1.56. The van der Waals surface area contributed by atoms with E-state index < -0.39 is 5.56 Å². The first kappa shape index (κ1) is 12.5. The Morgan fingerprint density at radius 2 is 1.95 bits per heavy atom. The van der Waals surface area contributed by atoms with Crippen LogP contribution in [0.5, 0.6) is 0 Å². The zero-order chi connectivity index (χ0) is 13.6. The summed E-state index contributed by atoms with van der Waals surface area (Å²) in [6, 6.07) is 5.10. The molecule has 19 heavy (non-hydrogen) atoms. The third-order valence-corrected chi connectivity index (χ3v) is 3.61. The van der Waals surface area contributed by atoms with E-state index in [4.69, 9.17) is 34.8 Å². The van der Waals surface area contributed by atoms with Crippen molar-refractivity contribution in [3.8, 4) is 11.3 Å². The van der Waals surface area contributed by atoms with Crippen LogP contribution < -0.4 is 5.56 Å². The number of aromatic nitrogens is 4. The lowest BCUT2D eigenvalue weighted by Gasteiger charge is -2.02. The van der Waals surface area contributed by atoms with Crippen LogP contribution in [0.15, 0.2) is 23.0 Å². The topological polar surface area (TPSA) is 74.4 Å². The van der Waals surface area contributed by atoms with Crippen molar-refractivity contribution in [2.45, 2.75) is 0 Å². The minimum Gasteiger partial charge on any atom is -0.296 e. The summed E-state index contributed by atoms with van der Waals surface area (Å²) in [7, 11) is 0. The fraction of sp³-hybridized carbons (Fsp3) is 0. The Kier molecular flexibility index (Phi) is 2.97. The van der Waals surface area contributed by atoms with E-state index in [2.05, 4.69) is 20.2 Å². The number of fused-ring (bicyclic) bond motifs is 1. The molecule has 2 aromatic heterocycles. The molecule has 96 valence electrons. The molecule has 3 aromatic rings. The van der Waals surface area contributed by atoms with Crippen molar-refractivity contribution in [1.29, 1.82) is 0 Å². The molecule has 0 aliphatic heterocycles. The molecule has 3 rings (SSSR count). The minimum atomic E-state index is -0.394. The third kappa shape index (κ3) is 2.00. The third-order valence-electron chi connectivity index (χ3n) is 2.61. The first-order valence-electron chi connectivity index (χ1n) is 5.16. The highest BCUT2D eigenvalue weighted by atomic mass is 35.5. The summed E-state index contributed by atoms with van der Waals surface area (Å²) in [4.78, 5) is 18.3. The number of hydrogen-bond donors (Lipinski definition) is 2. The molecule has 1 aromatic carbocycles. The number of benzene rings is 1. The van der Waals surface area contributed by atoms with E-state index in [1.165, 1.54) is 0 Å². The number of nitrogens with zero attached hydrogens (tertiary/aromatic N) is 2. The first-order valence-corrected chi connectivity index (χ1v) is 6.29. The molecule has 0 unspecified atom stereocenters. The minimum absolute atomic E-state index is 0.00936. The molecule has 0 saturated carbocycles. The lowest BCUT2D eigenvalue weighted by Crippen LogP contribution is -2.07. The van der Waals surface area contributed by atoms with Gasteiger partial charge in [0.2, 0.25) is 5.28 Å². The van der Waals surface area contributed by atoms with Gasteiger partial charge in [0.15, 0.2) is 5.65 Å². The molecule has 0 aliphatic carbocycles. The molecule has 8 heteroatoms. The summed E-state index contributed by atoms with van der Waals surface area (Å²) in [5.74, 6) is 0. The van der Waals surface area contributed by atoms with Crippen molar-refractivity contribution in [2.24, 2.45) is 0 Å². The van der Waals surface area contributed by atoms with Crippen LogP contribution in [-0.2, 0) is 0 Å². The van der Waals surface area contributed by atoms with Crippen molar-refractivity contribution in [3.63, 3.8) is 0 Å². The molecule has 0 aliphatic rings. The van der Waals surface area contributed by atoms with Crippen molar-refractivity contribution in [2.75, 3.05) is 0 Å². The van der Waals surface area contributed by atoms with Crippen LogP contribution in [0.4, 0.5) is 0 Å². The van der Waals surface area contributed by atoms with Crippen LogP contribution in [0, 0.1) is 0 Å². The van der Waals surface area contributed by atoms with Gasteiger partial charge in [0.1, 0.15) is 11.1 Å². The molecule has 0 bridgehead atoms. The average molecular weight is 316 g/mol. The van der Waals surface area contributed by atoms with Gasteiger partial charge in [0.05, 0.1) is 10.0 Å². The summed E-state index contributed by atoms with van der Waals surface area (Å²) in [6.07, 6.45) is 0. The Bertz CT molecular complexity index is 840. The summed E-state index contributed by atoms with van der Waals surface area (Å²) in [5, 5.41) is 7.69. The van der Waals surface area contributed by atoms with Gasteiger partial charge in [-0.15, -0.1) is 0 Å². The number of halogens is 3. The monoisotopic (exact) mass is 314 g/mol. The van der Waals surface area contributed by atoms with E-state index in [0.29, 0.717) is 26.9 Å². The van der Waals surface area contributed by atoms with Crippen LogP contribution in [0.1, 0.15) is 0 Å². The molecular weight excluding hydrogens is 311 g/mol. The second-order valence-corrected chi connectivity index (χ2v) is 4.90. The van der Waals surface area contributed by atoms with Gasteiger partial charge >= 0.3 is 0 Å². The molecule has 2 heterocycles. The van der Waals surface area contributed by atoms with Crippen LogP contribution in [0.25, 0.3) is 22.3 Å². The Morgan fingerprint density at radius 1 is 1.16 bits per heavy atom. The fourth-order valence-corrected chi connectivity index (χ4v) is 2.35. The van der Waals surface area contributed by atoms with Crippen LogP contribution >= 0.6 is 34.8 Å². The average Bonchev–Trinajstić information content (AvgIpc) is 2.76. The van der Waals surface area contributed by atoms with E-state index in [9.17, 15) is 4.79 Å². The molecule has 0 spiro atoms. The predicted molar refractivity (Wildman–Crippen MR) is 75.0 cm³/mol. The zero-order valence-corrected chi connectivity index (χ0v) is 11.4. The molecule has 0 radical (unpaired) electrons. The van der Waals surface area contributed by atoms with E-state index in [1.807, 2.05) is 0 Å². The second-order valence-electron chi connectivity index (χ2n) is 3.75. The van der Waals surface area contributed by atoms with Gasteiger partial charge in [-0.05, 0) is 17.7 Å². The maximum absolute atomic E-state index is 11.9. The molecule has 2 N–H and O–H groups in total.